The molecule has 0 spiro atoms. The lowest BCUT2D eigenvalue weighted by Crippen LogP contribution is -2.21. The highest BCUT2D eigenvalue weighted by atomic mass is 16.6. The molecule has 0 heterocycles. The number of amides is 1. The highest BCUT2D eigenvalue weighted by Crippen LogP contribution is 2.32. The number of nitriles is 1. The summed E-state index contributed by atoms with van der Waals surface area (Å²) < 4.78 is 0. The molecular weight excluding hydrogens is 360 g/mol. The summed E-state index contributed by atoms with van der Waals surface area (Å²) in [7, 11) is 0. The highest BCUT2D eigenvalue weighted by molar-refractivity contribution is 5.93. The van der Waals surface area contributed by atoms with Crippen LogP contribution >= 0.6 is 0 Å². The predicted octanol–water partition coefficient (Wildman–Crippen LogP) is 4.69. The van der Waals surface area contributed by atoms with Gasteiger partial charge in [0.05, 0.1) is 16.2 Å². The maximum atomic E-state index is 11.6. The number of nitrogens with one attached hydrogen (secondary N) is 1. The molecule has 0 fully saturated rings. The first kappa shape index (κ1) is 20.5. The summed E-state index contributed by atoms with van der Waals surface area (Å²) in [5, 5.41) is 31.0. The second-order valence-corrected chi connectivity index (χ2v) is 5.83. The smallest absolute Gasteiger partial charge is 0.270 e. The van der Waals surface area contributed by atoms with Crippen molar-refractivity contribution in [2.45, 2.75) is 20.8 Å². The van der Waals surface area contributed by atoms with Gasteiger partial charge < -0.3 is 10.2 Å². The Balaban J connectivity index is 2.43. The maximum absolute atomic E-state index is 11.6. The molecule has 0 aliphatic carbocycles. The van der Waals surface area contributed by atoms with Crippen molar-refractivity contribution >= 4 is 34.3 Å². The van der Waals surface area contributed by atoms with Crippen LogP contribution in [0.2, 0.25) is 0 Å². The molecule has 0 aliphatic rings. The number of nitro benzene ring substituents is 1. The summed E-state index contributed by atoms with van der Waals surface area (Å²) in [4.78, 5) is 23.9. The van der Waals surface area contributed by atoms with Crippen molar-refractivity contribution in [3.05, 3.63) is 52.1 Å². The molecule has 2 aromatic rings. The Morgan fingerprint density at radius 3 is 2.39 bits per heavy atom. The summed E-state index contributed by atoms with van der Waals surface area (Å²) in [6.45, 7) is 7.09. The number of nitro groups is 1. The number of hydrogen-bond acceptors (Lipinski definition) is 7. The van der Waals surface area contributed by atoms with E-state index in [0.717, 1.165) is 24.8 Å². The van der Waals surface area contributed by atoms with Crippen molar-refractivity contribution in [3.63, 3.8) is 0 Å². The first-order valence-electron chi connectivity index (χ1n) is 8.66. The van der Waals surface area contributed by atoms with Gasteiger partial charge in [-0.15, -0.1) is 10.2 Å². The summed E-state index contributed by atoms with van der Waals surface area (Å²) in [6.07, 6.45) is 0. The van der Waals surface area contributed by atoms with Gasteiger partial charge in [-0.2, -0.15) is 5.26 Å². The van der Waals surface area contributed by atoms with Crippen LogP contribution in [0.5, 0.6) is 0 Å². The summed E-state index contributed by atoms with van der Waals surface area (Å²) >= 11 is 0. The SMILES string of the molecule is CCN(CC)c1ccc(/N=N/c2ccc([N+](=O)[O-])cc2C#N)c(NC(C)=O)c1. The zero-order valence-electron chi connectivity index (χ0n) is 15.8. The molecule has 0 aliphatic heterocycles. The number of nitrogens with zero attached hydrogens (tertiary/aromatic N) is 5. The minimum Gasteiger partial charge on any atom is -0.372 e. The molecule has 1 amide bonds. The van der Waals surface area contributed by atoms with E-state index in [2.05, 4.69) is 20.4 Å². The van der Waals surface area contributed by atoms with Crippen LogP contribution in [0.4, 0.5) is 28.4 Å². The van der Waals surface area contributed by atoms with Crippen molar-refractivity contribution in [1.82, 2.24) is 0 Å². The number of azo groups is 1. The molecule has 9 nitrogen and oxygen atoms in total. The second kappa shape index (κ2) is 9.23. The van der Waals surface area contributed by atoms with E-state index >= 15 is 0 Å². The predicted molar refractivity (Wildman–Crippen MR) is 106 cm³/mol. The largest absolute Gasteiger partial charge is 0.372 e. The van der Waals surface area contributed by atoms with Crippen molar-refractivity contribution in [3.8, 4) is 6.07 Å². The van der Waals surface area contributed by atoms with Gasteiger partial charge in [-0.05, 0) is 38.1 Å². The van der Waals surface area contributed by atoms with Gasteiger partial charge in [0.15, 0.2) is 0 Å². The van der Waals surface area contributed by atoms with Gasteiger partial charge in [0.2, 0.25) is 5.91 Å². The average molecular weight is 380 g/mol. The van der Waals surface area contributed by atoms with Crippen LogP contribution in [0.25, 0.3) is 0 Å². The number of carbonyl (C=O) groups is 1. The third-order valence-corrected chi connectivity index (χ3v) is 4.00. The summed E-state index contributed by atoms with van der Waals surface area (Å²) in [5.74, 6) is -0.249. The summed E-state index contributed by atoms with van der Waals surface area (Å²) in [5.41, 5.74) is 1.88. The monoisotopic (exact) mass is 380 g/mol. The minimum atomic E-state index is -0.581. The van der Waals surface area contributed by atoms with Crippen molar-refractivity contribution < 1.29 is 9.72 Å². The van der Waals surface area contributed by atoms with Crippen LogP contribution in [0.15, 0.2) is 46.6 Å². The number of rotatable bonds is 7. The zero-order valence-corrected chi connectivity index (χ0v) is 15.8. The van der Waals surface area contributed by atoms with Gasteiger partial charge in [-0.1, -0.05) is 0 Å². The van der Waals surface area contributed by atoms with Crippen LogP contribution in [-0.2, 0) is 4.79 Å². The fourth-order valence-corrected chi connectivity index (χ4v) is 2.61. The normalized spacial score (nSPS) is 10.5. The molecular formula is C19H20N6O3. The van der Waals surface area contributed by atoms with Crippen LogP contribution in [0.1, 0.15) is 26.3 Å². The van der Waals surface area contributed by atoms with Crippen LogP contribution in [0, 0.1) is 21.4 Å². The van der Waals surface area contributed by atoms with E-state index in [9.17, 15) is 20.2 Å². The Hall–Kier alpha value is -3.80. The van der Waals surface area contributed by atoms with Crippen molar-refractivity contribution in [1.29, 1.82) is 5.26 Å². The lowest BCUT2D eigenvalue weighted by molar-refractivity contribution is -0.384. The zero-order chi connectivity index (χ0) is 20.7. The van der Waals surface area contributed by atoms with Crippen molar-refractivity contribution in [2.24, 2.45) is 10.2 Å². The fourth-order valence-electron chi connectivity index (χ4n) is 2.61. The van der Waals surface area contributed by atoms with Crippen LogP contribution in [0.3, 0.4) is 0 Å². The molecule has 0 atom stereocenters. The maximum Gasteiger partial charge on any atom is 0.270 e. The molecule has 0 aromatic heterocycles. The number of non-ortho nitro benzene ring substituents is 1. The van der Waals surface area contributed by atoms with E-state index in [0.29, 0.717) is 11.4 Å². The highest BCUT2D eigenvalue weighted by Gasteiger charge is 2.12. The van der Waals surface area contributed by atoms with Gasteiger partial charge in [-0.25, -0.2) is 0 Å². The Morgan fingerprint density at radius 2 is 1.82 bits per heavy atom. The molecule has 0 bridgehead atoms. The lowest BCUT2D eigenvalue weighted by Gasteiger charge is -2.22. The molecule has 0 unspecified atom stereocenters. The molecule has 0 saturated carbocycles. The van der Waals surface area contributed by atoms with Gasteiger partial charge in [0.1, 0.15) is 17.4 Å². The Morgan fingerprint density at radius 1 is 1.18 bits per heavy atom. The first-order chi connectivity index (χ1) is 13.4. The van der Waals surface area contributed by atoms with Gasteiger partial charge in [-0.3, -0.25) is 14.9 Å². The van der Waals surface area contributed by atoms with Gasteiger partial charge in [0, 0.05) is 37.8 Å². The number of benzene rings is 2. The third kappa shape index (κ3) is 4.88. The third-order valence-electron chi connectivity index (χ3n) is 4.00. The molecule has 1 N–H and O–H groups in total. The Labute approximate surface area is 162 Å². The Bertz CT molecular complexity index is 961. The lowest BCUT2D eigenvalue weighted by atomic mass is 10.2. The van der Waals surface area contributed by atoms with E-state index < -0.39 is 4.92 Å². The van der Waals surface area contributed by atoms with Crippen LogP contribution < -0.4 is 10.2 Å². The van der Waals surface area contributed by atoms with E-state index in [1.165, 1.54) is 19.1 Å². The molecule has 9 heteroatoms. The van der Waals surface area contributed by atoms with Crippen molar-refractivity contribution in [2.75, 3.05) is 23.3 Å². The molecule has 0 saturated heterocycles. The second-order valence-electron chi connectivity index (χ2n) is 5.83. The first-order valence-corrected chi connectivity index (χ1v) is 8.66. The van der Waals surface area contributed by atoms with Gasteiger partial charge in [0.25, 0.3) is 5.69 Å². The number of anilines is 2. The van der Waals surface area contributed by atoms with Crippen LogP contribution in [-0.4, -0.2) is 23.9 Å². The number of hydrogen-bond donors (Lipinski definition) is 1. The summed E-state index contributed by atoms with van der Waals surface area (Å²) in [6, 6.07) is 11.0. The topological polar surface area (TPSA) is 124 Å². The quantitative estimate of drug-likeness (QED) is 0.424. The Kier molecular flexibility index (Phi) is 6.76. The molecule has 144 valence electrons. The van der Waals surface area contributed by atoms with E-state index in [1.54, 1.807) is 6.07 Å². The van der Waals surface area contributed by atoms with E-state index in [-0.39, 0.29) is 22.8 Å². The molecule has 2 rings (SSSR count). The van der Waals surface area contributed by atoms with E-state index in [1.807, 2.05) is 32.0 Å². The molecule has 2 aromatic carbocycles. The fraction of sp³-hybridized carbons (Fsp3) is 0.263. The molecule has 0 radical (unpaired) electrons. The minimum absolute atomic E-state index is 0.0405. The number of carbonyl (C=O) groups excluding carboxylic acids is 1. The average Bonchev–Trinajstić information content (AvgIpc) is 2.67. The van der Waals surface area contributed by atoms with Gasteiger partial charge >= 0.3 is 0 Å². The standard InChI is InChI=1S/C19H20N6O3/c1-4-24(5-2)15-6-9-18(19(11-15)21-13(3)26)23-22-17-8-7-16(25(27)28)10-14(17)12-20/h6-11H,4-5H2,1-3H3,(H,21,26)/b23-22+. The van der Waals surface area contributed by atoms with E-state index in [4.69, 9.17) is 0 Å². The molecule has 28 heavy (non-hydrogen) atoms.